The Morgan fingerprint density at radius 2 is 1.95 bits per heavy atom. The van der Waals surface area contributed by atoms with E-state index in [0.29, 0.717) is 18.0 Å². The maximum atomic E-state index is 12.8. The maximum Gasteiger partial charge on any atom is 0.254 e. The number of rotatable bonds is 3. The number of likely N-dealkylation sites (tertiary alicyclic amines) is 1. The Labute approximate surface area is 129 Å². The molecule has 2 N–H and O–H groups in total. The number of hydrogen-bond acceptors (Lipinski definition) is 4. The van der Waals surface area contributed by atoms with Crippen molar-refractivity contribution in [1.29, 1.82) is 0 Å². The molecule has 0 aliphatic carbocycles. The molecule has 0 spiro atoms. The number of benzene rings is 1. The van der Waals surface area contributed by atoms with Crippen LogP contribution in [0.2, 0.25) is 0 Å². The Hall–Kier alpha value is -2.21. The lowest BCUT2D eigenvalue weighted by Crippen LogP contribution is -2.51. The average Bonchev–Trinajstić information content (AvgIpc) is 3.08. The molecule has 1 aromatic heterocycles. The van der Waals surface area contributed by atoms with E-state index in [1.807, 2.05) is 29.2 Å². The molecule has 22 heavy (non-hydrogen) atoms. The van der Waals surface area contributed by atoms with Crippen LogP contribution in [0.1, 0.15) is 30.1 Å². The summed E-state index contributed by atoms with van der Waals surface area (Å²) in [5.74, 6) is 0.524. The lowest BCUT2D eigenvalue weighted by molar-refractivity contribution is 0.0532. The minimum absolute atomic E-state index is 0.0670. The highest BCUT2D eigenvalue weighted by atomic mass is 16.2. The van der Waals surface area contributed by atoms with Crippen LogP contribution >= 0.6 is 0 Å². The molecule has 6 heteroatoms. The van der Waals surface area contributed by atoms with Crippen LogP contribution in [0.15, 0.2) is 36.9 Å². The molecule has 2 atom stereocenters. The van der Waals surface area contributed by atoms with E-state index in [2.05, 4.69) is 17.1 Å². The van der Waals surface area contributed by atoms with Crippen molar-refractivity contribution in [3.63, 3.8) is 0 Å². The third-order valence-corrected chi connectivity index (χ3v) is 4.45. The fraction of sp³-hybridized carbons (Fsp3) is 0.438. The van der Waals surface area contributed by atoms with Gasteiger partial charge in [0.1, 0.15) is 12.7 Å². The summed E-state index contributed by atoms with van der Waals surface area (Å²) in [6, 6.07) is 7.65. The Morgan fingerprint density at radius 3 is 2.59 bits per heavy atom. The largest absolute Gasteiger partial charge is 0.334 e. The van der Waals surface area contributed by atoms with Crippen LogP contribution in [0.3, 0.4) is 0 Å². The summed E-state index contributed by atoms with van der Waals surface area (Å²) < 4.78 is 1.81. The molecule has 1 amide bonds. The van der Waals surface area contributed by atoms with Crippen molar-refractivity contribution in [2.24, 2.45) is 11.7 Å². The second-order valence-electron chi connectivity index (χ2n) is 5.84. The van der Waals surface area contributed by atoms with E-state index in [-0.39, 0.29) is 11.9 Å². The number of nitrogens with zero attached hydrogens (tertiary/aromatic N) is 4. The molecule has 1 aliphatic heterocycles. The van der Waals surface area contributed by atoms with Gasteiger partial charge in [-0.05, 0) is 43.0 Å². The van der Waals surface area contributed by atoms with Gasteiger partial charge in [-0.2, -0.15) is 0 Å². The first-order valence-electron chi connectivity index (χ1n) is 7.67. The zero-order valence-corrected chi connectivity index (χ0v) is 12.7. The number of piperidine rings is 1. The van der Waals surface area contributed by atoms with E-state index in [1.54, 1.807) is 17.2 Å². The molecular formula is C16H21N5O. The lowest BCUT2D eigenvalue weighted by atomic mass is 9.90. The second-order valence-corrected chi connectivity index (χ2v) is 5.84. The minimum Gasteiger partial charge on any atom is -0.334 e. The van der Waals surface area contributed by atoms with Crippen LogP contribution in [0.4, 0.5) is 0 Å². The molecule has 116 valence electrons. The monoisotopic (exact) mass is 299 g/mol. The van der Waals surface area contributed by atoms with Crippen LogP contribution in [0.5, 0.6) is 0 Å². The molecular weight excluding hydrogens is 278 g/mol. The number of amides is 1. The lowest BCUT2D eigenvalue weighted by Gasteiger charge is -2.39. The summed E-state index contributed by atoms with van der Waals surface area (Å²) in [6.07, 6.45) is 5.45. The summed E-state index contributed by atoms with van der Waals surface area (Å²) in [6.45, 7) is 3.48. The topological polar surface area (TPSA) is 77.0 Å². The molecule has 2 aromatic rings. The Morgan fingerprint density at radius 1 is 1.27 bits per heavy atom. The normalized spacial score (nSPS) is 21.8. The number of aromatic nitrogens is 3. The van der Waals surface area contributed by atoms with Gasteiger partial charge >= 0.3 is 0 Å². The van der Waals surface area contributed by atoms with E-state index in [4.69, 9.17) is 5.73 Å². The predicted molar refractivity (Wildman–Crippen MR) is 83.6 cm³/mol. The molecule has 0 unspecified atom stereocenters. The summed E-state index contributed by atoms with van der Waals surface area (Å²) in [5.41, 5.74) is 7.51. The Balaban J connectivity index is 1.79. The average molecular weight is 299 g/mol. The van der Waals surface area contributed by atoms with E-state index in [9.17, 15) is 4.79 Å². The third-order valence-electron chi connectivity index (χ3n) is 4.45. The summed E-state index contributed by atoms with van der Waals surface area (Å²) in [4.78, 5) is 14.7. The zero-order chi connectivity index (χ0) is 15.5. The van der Waals surface area contributed by atoms with Gasteiger partial charge in [0, 0.05) is 30.4 Å². The minimum atomic E-state index is 0.0670. The second kappa shape index (κ2) is 6.27. The first kappa shape index (κ1) is 14.7. The van der Waals surface area contributed by atoms with Crippen LogP contribution in [-0.4, -0.2) is 44.7 Å². The van der Waals surface area contributed by atoms with Gasteiger partial charge in [0.2, 0.25) is 0 Å². The van der Waals surface area contributed by atoms with E-state index >= 15 is 0 Å². The van der Waals surface area contributed by atoms with Crippen LogP contribution < -0.4 is 5.73 Å². The van der Waals surface area contributed by atoms with Gasteiger partial charge in [-0.15, -0.1) is 10.2 Å². The number of hydrogen-bond donors (Lipinski definition) is 1. The molecule has 6 nitrogen and oxygen atoms in total. The first-order chi connectivity index (χ1) is 10.7. The van der Waals surface area contributed by atoms with Gasteiger partial charge in [-0.25, -0.2) is 0 Å². The van der Waals surface area contributed by atoms with Gasteiger partial charge in [0.05, 0.1) is 0 Å². The van der Waals surface area contributed by atoms with Gasteiger partial charge in [-0.3, -0.25) is 9.36 Å². The van der Waals surface area contributed by atoms with E-state index in [1.165, 1.54) is 0 Å². The molecule has 1 aromatic carbocycles. The van der Waals surface area contributed by atoms with Crippen molar-refractivity contribution >= 4 is 5.91 Å². The van der Waals surface area contributed by atoms with Crippen molar-refractivity contribution in [3.8, 4) is 5.69 Å². The van der Waals surface area contributed by atoms with Gasteiger partial charge < -0.3 is 10.6 Å². The zero-order valence-electron chi connectivity index (χ0n) is 12.7. The van der Waals surface area contributed by atoms with E-state index in [0.717, 1.165) is 25.1 Å². The predicted octanol–water partition coefficient (Wildman–Crippen LogP) is 1.47. The maximum absolute atomic E-state index is 12.8. The van der Waals surface area contributed by atoms with Crippen molar-refractivity contribution in [2.75, 3.05) is 13.1 Å². The van der Waals surface area contributed by atoms with Crippen LogP contribution in [0.25, 0.3) is 5.69 Å². The molecule has 0 radical (unpaired) electrons. The molecule has 1 saturated heterocycles. The summed E-state index contributed by atoms with van der Waals surface area (Å²) >= 11 is 0. The van der Waals surface area contributed by atoms with Gasteiger partial charge in [0.25, 0.3) is 5.91 Å². The van der Waals surface area contributed by atoms with Crippen molar-refractivity contribution in [3.05, 3.63) is 42.5 Å². The highest BCUT2D eigenvalue weighted by molar-refractivity contribution is 5.94. The first-order valence-corrected chi connectivity index (χ1v) is 7.67. The standard InChI is InChI=1S/C16H21N5O/c1-12-3-2-8-21(15(12)9-17)16(22)13-4-6-14(7-5-13)20-10-18-19-11-20/h4-7,10-12,15H,2-3,8-9,17H2,1H3/t12-,15+/m1/s1. The van der Waals surface area contributed by atoms with Crippen LogP contribution in [-0.2, 0) is 0 Å². The SMILES string of the molecule is C[C@@H]1CCCN(C(=O)c2ccc(-n3cnnc3)cc2)[C@H]1CN. The van der Waals surface area contributed by atoms with Crippen molar-refractivity contribution in [2.45, 2.75) is 25.8 Å². The smallest absolute Gasteiger partial charge is 0.254 e. The molecule has 0 bridgehead atoms. The van der Waals surface area contributed by atoms with Crippen molar-refractivity contribution < 1.29 is 4.79 Å². The molecule has 3 rings (SSSR count). The highest BCUT2D eigenvalue weighted by Crippen LogP contribution is 2.24. The quantitative estimate of drug-likeness (QED) is 0.931. The van der Waals surface area contributed by atoms with E-state index < -0.39 is 0 Å². The van der Waals surface area contributed by atoms with Gasteiger partial charge in [-0.1, -0.05) is 6.92 Å². The molecule has 1 fully saturated rings. The Bertz CT molecular complexity index is 622. The van der Waals surface area contributed by atoms with Gasteiger partial charge in [0.15, 0.2) is 0 Å². The highest BCUT2D eigenvalue weighted by Gasteiger charge is 2.31. The molecule has 1 aliphatic rings. The summed E-state index contributed by atoms with van der Waals surface area (Å²) in [7, 11) is 0. The van der Waals surface area contributed by atoms with Crippen molar-refractivity contribution in [1.82, 2.24) is 19.7 Å². The number of carbonyl (C=O) groups is 1. The Kier molecular flexibility index (Phi) is 4.20. The number of carbonyl (C=O) groups excluding carboxylic acids is 1. The third kappa shape index (κ3) is 2.74. The molecule has 2 heterocycles. The number of nitrogens with two attached hydrogens (primary N) is 1. The fourth-order valence-corrected chi connectivity index (χ4v) is 3.14. The summed E-state index contributed by atoms with van der Waals surface area (Å²) in [5, 5.41) is 7.57. The molecule has 0 saturated carbocycles. The van der Waals surface area contributed by atoms with Crippen LogP contribution in [0, 0.1) is 5.92 Å². The fourth-order valence-electron chi connectivity index (χ4n) is 3.14.